The normalized spacial score (nSPS) is 29.8. The van der Waals surface area contributed by atoms with Gasteiger partial charge in [0.15, 0.2) is 0 Å². The van der Waals surface area contributed by atoms with Gasteiger partial charge in [-0.15, -0.1) is 0 Å². The van der Waals surface area contributed by atoms with E-state index in [9.17, 15) is 13.6 Å². The third-order valence-electron chi connectivity index (χ3n) is 6.02. The van der Waals surface area contributed by atoms with E-state index in [1.54, 1.807) is 0 Å². The van der Waals surface area contributed by atoms with Gasteiger partial charge in [-0.1, -0.05) is 0 Å². The lowest BCUT2D eigenvalue weighted by Crippen LogP contribution is -2.54. The van der Waals surface area contributed by atoms with E-state index in [4.69, 9.17) is 0 Å². The predicted octanol–water partition coefficient (Wildman–Crippen LogP) is 3.47. The fraction of sp³-hybridized carbons (Fsp3) is 0.632. The van der Waals surface area contributed by atoms with E-state index in [-0.39, 0.29) is 17.6 Å². The molecule has 0 radical (unpaired) electrons. The summed E-state index contributed by atoms with van der Waals surface area (Å²) in [4.78, 5) is 16.2. The van der Waals surface area contributed by atoms with E-state index in [1.807, 2.05) is 32.8 Å². The molecule has 0 aromatic heterocycles. The fourth-order valence-electron chi connectivity index (χ4n) is 4.39. The molecular weight excluding hydrogens is 324 g/mol. The summed E-state index contributed by atoms with van der Waals surface area (Å²) in [7, 11) is 3.91. The number of hydrogen-bond donors (Lipinski definition) is 1. The molecule has 3 rings (SSSR count). The molecule has 6 heteroatoms. The molecule has 1 aromatic carbocycles. The molecule has 0 atom stereocenters. The number of benzene rings is 1. The van der Waals surface area contributed by atoms with Crippen LogP contribution < -0.4 is 5.32 Å². The number of rotatable bonds is 3. The van der Waals surface area contributed by atoms with Crippen LogP contribution >= 0.6 is 0 Å². The molecule has 0 bridgehead atoms. The topological polar surface area (TPSA) is 35.6 Å². The Bertz CT molecular complexity index is 646. The van der Waals surface area contributed by atoms with Crippen LogP contribution in [0.5, 0.6) is 0 Å². The van der Waals surface area contributed by atoms with Crippen molar-refractivity contribution in [3.8, 4) is 0 Å². The zero-order valence-electron chi connectivity index (χ0n) is 15.4. The Morgan fingerprint density at radius 2 is 1.64 bits per heavy atom. The Morgan fingerprint density at radius 3 is 2.08 bits per heavy atom. The molecule has 1 heterocycles. The van der Waals surface area contributed by atoms with E-state index >= 15 is 0 Å². The zero-order valence-corrected chi connectivity index (χ0v) is 15.4. The van der Waals surface area contributed by atoms with Crippen LogP contribution in [0.1, 0.15) is 45.1 Å². The molecule has 1 saturated heterocycles. The van der Waals surface area contributed by atoms with Crippen molar-refractivity contribution in [3.05, 3.63) is 35.4 Å². The van der Waals surface area contributed by atoms with Gasteiger partial charge in [-0.05, 0) is 71.3 Å². The largest absolute Gasteiger partial charge is 0.331 e. The van der Waals surface area contributed by atoms with Gasteiger partial charge in [0.2, 0.25) is 0 Å². The number of carbonyl (C=O) groups is 1. The Hall–Kier alpha value is -1.69. The van der Waals surface area contributed by atoms with Gasteiger partial charge in [-0.25, -0.2) is 13.6 Å². The summed E-state index contributed by atoms with van der Waals surface area (Å²) in [6, 6.07) is 3.94. The summed E-state index contributed by atoms with van der Waals surface area (Å²) < 4.78 is 27.6. The third kappa shape index (κ3) is 3.12. The van der Waals surface area contributed by atoms with Crippen molar-refractivity contribution in [1.29, 1.82) is 0 Å². The van der Waals surface area contributed by atoms with Crippen molar-refractivity contribution in [2.24, 2.45) is 0 Å². The van der Waals surface area contributed by atoms with Gasteiger partial charge in [0.25, 0.3) is 0 Å². The molecular formula is C19H27F2N3O. The van der Waals surface area contributed by atoms with Crippen molar-refractivity contribution in [2.75, 3.05) is 20.6 Å². The minimum Gasteiger partial charge on any atom is -0.331 e. The highest BCUT2D eigenvalue weighted by Crippen LogP contribution is 2.46. The van der Waals surface area contributed by atoms with Crippen LogP contribution in [-0.4, -0.2) is 48.1 Å². The van der Waals surface area contributed by atoms with Crippen LogP contribution in [-0.2, 0) is 5.54 Å². The fourth-order valence-corrected chi connectivity index (χ4v) is 4.39. The highest BCUT2D eigenvalue weighted by Gasteiger charge is 2.50. The first-order valence-corrected chi connectivity index (χ1v) is 8.90. The number of nitrogens with one attached hydrogen (secondary N) is 1. The maximum atomic E-state index is 13.8. The van der Waals surface area contributed by atoms with Gasteiger partial charge in [0, 0.05) is 24.2 Å². The van der Waals surface area contributed by atoms with Gasteiger partial charge in [-0.3, -0.25) is 4.90 Å². The van der Waals surface area contributed by atoms with Crippen molar-refractivity contribution in [2.45, 2.75) is 56.7 Å². The first-order valence-electron chi connectivity index (χ1n) is 8.90. The lowest BCUT2D eigenvalue weighted by atomic mass is 9.68. The molecule has 1 aromatic rings. The van der Waals surface area contributed by atoms with Gasteiger partial charge < -0.3 is 10.2 Å². The van der Waals surface area contributed by atoms with Crippen LogP contribution in [0, 0.1) is 11.6 Å². The first-order chi connectivity index (χ1) is 11.7. The number of halogens is 2. The number of amides is 2. The molecule has 1 saturated carbocycles. The maximum absolute atomic E-state index is 13.8. The Morgan fingerprint density at radius 1 is 1.08 bits per heavy atom. The van der Waals surface area contributed by atoms with E-state index in [1.165, 1.54) is 12.1 Å². The number of nitrogens with zero attached hydrogens (tertiary/aromatic N) is 2. The van der Waals surface area contributed by atoms with Crippen molar-refractivity contribution >= 4 is 6.03 Å². The number of hydrogen-bond acceptors (Lipinski definition) is 2. The summed E-state index contributed by atoms with van der Waals surface area (Å²) in [6.07, 6.45) is 3.07. The average Bonchev–Trinajstić information content (AvgIpc) is 2.84. The van der Waals surface area contributed by atoms with E-state index in [0.29, 0.717) is 12.1 Å². The molecule has 2 aliphatic rings. The van der Waals surface area contributed by atoms with Crippen LogP contribution in [0.3, 0.4) is 0 Å². The SMILES string of the molecule is CC(C)N1CC2(CCC(c3cc(F)cc(F)c3)(N(C)C)CC2)NC1=O. The van der Waals surface area contributed by atoms with E-state index < -0.39 is 17.2 Å². The second kappa shape index (κ2) is 6.24. The van der Waals surface area contributed by atoms with Crippen molar-refractivity contribution in [3.63, 3.8) is 0 Å². The highest BCUT2D eigenvalue weighted by atomic mass is 19.1. The maximum Gasteiger partial charge on any atom is 0.318 e. The molecule has 138 valence electrons. The van der Waals surface area contributed by atoms with Crippen LogP contribution in [0.4, 0.5) is 13.6 Å². The highest BCUT2D eigenvalue weighted by molar-refractivity contribution is 5.78. The molecule has 1 N–H and O–H groups in total. The molecule has 0 unspecified atom stereocenters. The molecule has 25 heavy (non-hydrogen) atoms. The number of urea groups is 1. The summed E-state index contributed by atoms with van der Waals surface area (Å²) in [5.74, 6) is -1.09. The van der Waals surface area contributed by atoms with Crippen molar-refractivity contribution < 1.29 is 13.6 Å². The Labute approximate surface area is 148 Å². The number of carbonyl (C=O) groups excluding carboxylic acids is 1. The quantitative estimate of drug-likeness (QED) is 0.905. The minimum atomic E-state index is -0.545. The van der Waals surface area contributed by atoms with Gasteiger partial charge >= 0.3 is 6.03 Å². The second-order valence-electron chi connectivity index (χ2n) is 8.02. The van der Waals surface area contributed by atoms with E-state index in [2.05, 4.69) is 10.2 Å². The van der Waals surface area contributed by atoms with Crippen molar-refractivity contribution in [1.82, 2.24) is 15.1 Å². The zero-order chi connectivity index (χ0) is 18.4. The smallest absolute Gasteiger partial charge is 0.318 e. The summed E-state index contributed by atoms with van der Waals surface area (Å²) in [6.45, 7) is 4.73. The third-order valence-corrected chi connectivity index (χ3v) is 6.02. The average molecular weight is 351 g/mol. The summed E-state index contributed by atoms with van der Waals surface area (Å²) >= 11 is 0. The van der Waals surface area contributed by atoms with Crippen LogP contribution in [0.25, 0.3) is 0 Å². The second-order valence-corrected chi connectivity index (χ2v) is 8.02. The molecule has 4 nitrogen and oxygen atoms in total. The Balaban J connectivity index is 1.86. The lowest BCUT2D eigenvalue weighted by Gasteiger charge is -2.48. The molecule has 1 aliphatic heterocycles. The molecule has 1 aliphatic carbocycles. The lowest BCUT2D eigenvalue weighted by molar-refractivity contribution is 0.0605. The predicted molar refractivity (Wildman–Crippen MR) is 93.3 cm³/mol. The monoisotopic (exact) mass is 351 g/mol. The van der Waals surface area contributed by atoms with Gasteiger partial charge in [0.1, 0.15) is 11.6 Å². The minimum absolute atomic E-state index is 0.0100. The Kier molecular flexibility index (Phi) is 4.52. The van der Waals surface area contributed by atoms with Crippen LogP contribution in [0.15, 0.2) is 18.2 Å². The van der Waals surface area contributed by atoms with Gasteiger partial charge in [-0.2, -0.15) is 0 Å². The van der Waals surface area contributed by atoms with E-state index in [0.717, 1.165) is 31.7 Å². The summed E-state index contributed by atoms with van der Waals surface area (Å²) in [5, 5.41) is 3.17. The molecule has 1 spiro atoms. The van der Waals surface area contributed by atoms with Gasteiger partial charge in [0.05, 0.1) is 5.54 Å². The van der Waals surface area contributed by atoms with Crippen LogP contribution in [0.2, 0.25) is 0 Å². The first kappa shape index (κ1) is 18.1. The standard InChI is InChI=1S/C19H27F2N3O/c1-13(2)24-12-18(22-17(24)25)5-7-19(8-6-18,23(3)4)14-9-15(20)11-16(21)10-14/h9-11,13H,5-8,12H2,1-4H3,(H,22,25). The summed E-state index contributed by atoms with van der Waals surface area (Å²) in [5.41, 5.74) is 0.0339. The molecule has 2 amide bonds. The molecule has 2 fully saturated rings.